The standard InChI is InChI=1S/C25H27N5O3S/c1-15-6-8-18(9-7-15)30-16(2)12-19(17(30)3)20-14-34-23(26-20)27-21(31)13-29-22(32)25(28-24(29)33)10-4-5-11-25/h6-9,12,14H,4-5,10-11,13H2,1-3H3,(H,28,33)(H,26,27,31). The monoisotopic (exact) mass is 477 g/mol. The molecule has 2 fully saturated rings. The predicted molar refractivity (Wildman–Crippen MR) is 131 cm³/mol. The molecule has 0 unspecified atom stereocenters. The molecule has 34 heavy (non-hydrogen) atoms. The van der Waals surface area contributed by atoms with Gasteiger partial charge >= 0.3 is 6.03 Å². The van der Waals surface area contributed by atoms with Crippen molar-refractivity contribution in [3.8, 4) is 16.9 Å². The number of hydrogen-bond acceptors (Lipinski definition) is 5. The average molecular weight is 478 g/mol. The highest BCUT2D eigenvalue weighted by atomic mass is 32.1. The number of urea groups is 1. The zero-order valence-electron chi connectivity index (χ0n) is 19.5. The highest BCUT2D eigenvalue weighted by molar-refractivity contribution is 7.14. The minimum Gasteiger partial charge on any atom is -0.323 e. The Bertz CT molecular complexity index is 1280. The summed E-state index contributed by atoms with van der Waals surface area (Å²) in [5, 5.41) is 7.88. The van der Waals surface area contributed by atoms with Crippen LogP contribution in [0, 0.1) is 20.8 Å². The normalized spacial score (nSPS) is 17.0. The molecule has 1 spiro atoms. The number of aryl methyl sites for hydroxylation is 2. The molecule has 5 rings (SSSR count). The van der Waals surface area contributed by atoms with Gasteiger partial charge in [0, 0.05) is 28.0 Å². The van der Waals surface area contributed by atoms with E-state index in [0.717, 1.165) is 46.1 Å². The zero-order chi connectivity index (χ0) is 24.0. The van der Waals surface area contributed by atoms with Gasteiger partial charge in [-0.2, -0.15) is 0 Å². The molecule has 1 saturated carbocycles. The second-order valence-electron chi connectivity index (χ2n) is 9.15. The van der Waals surface area contributed by atoms with Gasteiger partial charge in [-0.15, -0.1) is 11.3 Å². The van der Waals surface area contributed by atoms with Crippen LogP contribution in [0.15, 0.2) is 35.7 Å². The van der Waals surface area contributed by atoms with E-state index in [1.54, 1.807) is 0 Å². The Kier molecular flexibility index (Phi) is 5.51. The first-order chi connectivity index (χ1) is 16.3. The van der Waals surface area contributed by atoms with Crippen LogP contribution in [0.1, 0.15) is 42.6 Å². The fourth-order valence-corrected chi connectivity index (χ4v) is 5.73. The van der Waals surface area contributed by atoms with Crippen LogP contribution in [0.4, 0.5) is 9.93 Å². The zero-order valence-corrected chi connectivity index (χ0v) is 20.3. The van der Waals surface area contributed by atoms with Crippen LogP contribution in [0.3, 0.4) is 0 Å². The van der Waals surface area contributed by atoms with Crippen molar-refractivity contribution < 1.29 is 14.4 Å². The van der Waals surface area contributed by atoms with Crippen LogP contribution < -0.4 is 10.6 Å². The van der Waals surface area contributed by atoms with E-state index in [1.807, 2.05) is 5.38 Å². The third-order valence-electron chi connectivity index (χ3n) is 6.75. The molecule has 2 aromatic heterocycles. The number of imide groups is 1. The SMILES string of the molecule is Cc1ccc(-n2c(C)cc(-c3csc(NC(=O)CN4C(=O)NC5(CCCC5)C4=O)n3)c2C)cc1. The molecule has 2 N–H and O–H groups in total. The van der Waals surface area contributed by atoms with E-state index >= 15 is 0 Å². The number of thiazole rings is 1. The molecule has 1 saturated heterocycles. The number of rotatable bonds is 5. The van der Waals surface area contributed by atoms with Crippen molar-refractivity contribution in [2.24, 2.45) is 0 Å². The molecule has 0 atom stereocenters. The van der Waals surface area contributed by atoms with E-state index in [4.69, 9.17) is 0 Å². The first-order valence-corrected chi connectivity index (χ1v) is 12.3. The lowest BCUT2D eigenvalue weighted by molar-refractivity contribution is -0.133. The molecule has 176 valence electrons. The first-order valence-electron chi connectivity index (χ1n) is 11.4. The van der Waals surface area contributed by atoms with Gasteiger partial charge in [0.15, 0.2) is 5.13 Å². The molecule has 9 heteroatoms. The predicted octanol–water partition coefficient (Wildman–Crippen LogP) is 4.33. The average Bonchev–Trinajstić information content (AvgIpc) is 3.56. The molecule has 8 nitrogen and oxygen atoms in total. The van der Waals surface area contributed by atoms with Gasteiger partial charge in [0.05, 0.1) is 5.69 Å². The Morgan fingerprint density at radius 2 is 1.85 bits per heavy atom. The maximum Gasteiger partial charge on any atom is 0.325 e. The topological polar surface area (TPSA) is 96.3 Å². The number of nitrogens with one attached hydrogen (secondary N) is 2. The lowest BCUT2D eigenvalue weighted by atomic mass is 9.98. The highest BCUT2D eigenvalue weighted by Crippen LogP contribution is 2.35. The van der Waals surface area contributed by atoms with Crippen molar-refractivity contribution in [1.29, 1.82) is 0 Å². The lowest BCUT2D eigenvalue weighted by Crippen LogP contribution is -2.44. The Balaban J connectivity index is 1.30. The number of carbonyl (C=O) groups excluding carboxylic acids is 3. The minimum atomic E-state index is -0.814. The van der Waals surface area contributed by atoms with Crippen molar-refractivity contribution >= 4 is 34.3 Å². The van der Waals surface area contributed by atoms with Gasteiger partial charge in [-0.1, -0.05) is 30.5 Å². The quantitative estimate of drug-likeness (QED) is 0.535. The van der Waals surface area contributed by atoms with Crippen LogP contribution in [-0.2, 0) is 9.59 Å². The third-order valence-corrected chi connectivity index (χ3v) is 7.51. The summed E-state index contributed by atoms with van der Waals surface area (Å²) in [5.41, 5.74) is 5.40. The van der Waals surface area contributed by atoms with Crippen LogP contribution >= 0.6 is 11.3 Å². The fourth-order valence-electron chi connectivity index (χ4n) is 5.01. The molecule has 1 aliphatic carbocycles. The summed E-state index contributed by atoms with van der Waals surface area (Å²) in [4.78, 5) is 43.3. The molecule has 3 aromatic rings. The number of aromatic nitrogens is 2. The first kappa shape index (κ1) is 22.3. The molecule has 3 heterocycles. The Labute approximate surface area is 202 Å². The van der Waals surface area contributed by atoms with Crippen LogP contribution in [0.25, 0.3) is 16.9 Å². The van der Waals surface area contributed by atoms with Gasteiger partial charge in [-0.05, 0) is 51.8 Å². The number of anilines is 1. The molecule has 0 bridgehead atoms. The molecular formula is C25H27N5O3S. The summed E-state index contributed by atoms with van der Waals surface area (Å²) >= 11 is 1.32. The number of carbonyl (C=O) groups is 3. The molecule has 1 aliphatic heterocycles. The van der Waals surface area contributed by atoms with E-state index in [0.29, 0.717) is 18.0 Å². The molecule has 0 radical (unpaired) electrons. The van der Waals surface area contributed by atoms with Crippen molar-refractivity contribution in [2.45, 2.75) is 52.0 Å². The Morgan fingerprint density at radius 3 is 2.56 bits per heavy atom. The van der Waals surface area contributed by atoms with E-state index < -0.39 is 17.5 Å². The molecular weight excluding hydrogens is 450 g/mol. The van der Waals surface area contributed by atoms with Gasteiger partial charge in [0.1, 0.15) is 12.1 Å². The van der Waals surface area contributed by atoms with Crippen LogP contribution in [0.5, 0.6) is 0 Å². The second kappa shape index (κ2) is 8.39. The maximum atomic E-state index is 12.8. The number of amides is 4. The van der Waals surface area contributed by atoms with Crippen molar-refractivity contribution in [1.82, 2.24) is 19.8 Å². The maximum absolute atomic E-state index is 12.8. The van der Waals surface area contributed by atoms with Gasteiger partial charge in [-0.25, -0.2) is 9.78 Å². The van der Waals surface area contributed by atoms with Crippen LogP contribution in [-0.4, -0.2) is 44.4 Å². The number of hydrogen-bond donors (Lipinski definition) is 2. The summed E-state index contributed by atoms with van der Waals surface area (Å²) in [6.07, 6.45) is 3.07. The molecule has 4 amide bonds. The van der Waals surface area contributed by atoms with Crippen LogP contribution in [0.2, 0.25) is 0 Å². The summed E-state index contributed by atoms with van der Waals surface area (Å²) < 4.78 is 2.18. The van der Waals surface area contributed by atoms with Gasteiger partial charge in [0.25, 0.3) is 5.91 Å². The van der Waals surface area contributed by atoms with E-state index in [2.05, 4.69) is 71.3 Å². The second-order valence-corrected chi connectivity index (χ2v) is 10.0. The van der Waals surface area contributed by atoms with Crippen molar-refractivity contribution in [2.75, 3.05) is 11.9 Å². The largest absolute Gasteiger partial charge is 0.325 e. The van der Waals surface area contributed by atoms with Gasteiger partial charge < -0.3 is 15.2 Å². The van der Waals surface area contributed by atoms with Gasteiger partial charge in [0.2, 0.25) is 5.91 Å². The Morgan fingerprint density at radius 1 is 1.15 bits per heavy atom. The highest BCUT2D eigenvalue weighted by Gasteiger charge is 2.52. The van der Waals surface area contributed by atoms with E-state index in [9.17, 15) is 14.4 Å². The summed E-state index contributed by atoms with van der Waals surface area (Å²) in [7, 11) is 0. The van der Waals surface area contributed by atoms with Crippen molar-refractivity contribution in [3.05, 3.63) is 52.7 Å². The van der Waals surface area contributed by atoms with Gasteiger partial charge in [-0.3, -0.25) is 14.5 Å². The van der Waals surface area contributed by atoms with Crippen molar-refractivity contribution in [3.63, 3.8) is 0 Å². The fraction of sp³-hybridized carbons (Fsp3) is 0.360. The summed E-state index contributed by atoms with van der Waals surface area (Å²) in [5.74, 6) is -0.738. The molecule has 2 aliphatic rings. The van der Waals surface area contributed by atoms with E-state index in [1.165, 1.54) is 16.9 Å². The lowest BCUT2D eigenvalue weighted by Gasteiger charge is -2.19. The molecule has 1 aromatic carbocycles. The number of benzene rings is 1. The smallest absolute Gasteiger partial charge is 0.323 e. The summed E-state index contributed by atoms with van der Waals surface area (Å²) in [6, 6.07) is 9.96. The Hall–Kier alpha value is -3.46. The number of nitrogens with zero attached hydrogens (tertiary/aromatic N) is 3. The third kappa shape index (κ3) is 3.79. The summed E-state index contributed by atoms with van der Waals surface area (Å²) in [6.45, 7) is 5.86. The van der Waals surface area contributed by atoms with E-state index in [-0.39, 0.29) is 12.5 Å². The minimum absolute atomic E-state index is 0.298.